The molecule has 1 atom stereocenters. The lowest BCUT2D eigenvalue weighted by Gasteiger charge is -2.17. The fraction of sp³-hybridized carbons (Fsp3) is 0.100. The third kappa shape index (κ3) is 4.87. The molecule has 0 spiro atoms. The van der Waals surface area contributed by atoms with Crippen LogP contribution in [0.15, 0.2) is 54.7 Å². The molecule has 1 aromatic heterocycles. The third-order valence-electron chi connectivity index (χ3n) is 3.94. The second-order valence-electron chi connectivity index (χ2n) is 6.00. The van der Waals surface area contributed by atoms with Crippen LogP contribution >= 0.6 is 34.8 Å². The molecular formula is C20H16Cl3N3O2. The summed E-state index contributed by atoms with van der Waals surface area (Å²) in [6.07, 6.45) is 1.10. The predicted octanol–water partition coefficient (Wildman–Crippen LogP) is 6.02. The number of aromatic nitrogens is 1. The normalized spacial score (nSPS) is 11.7. The van der Waals surface area contributed by atoms with Crippen LogP contribution in [0.3, 0.4) is 0 Å². The fourth-order valence-electron chi connectivity index (χ4n) is 2.52. The maximum atomic E-state index is 12.5. The Morgan fingerprint density at radius 1 is 1.11 bits per heavy atom. The molecule has 3 rings (SSSR count). The summed E-state index contributed by atoms with van der Waals surface area (Å²) < 4.78 is 5.87. The van der Waals surface area contributed by atoms with Crippen molar-refractivity contribution in [3.63, 3.8) is 0 Å². The number of hydrogen-bond acceptors (Lipinski definition) is 4. The van der Waals surface area contributed by atoms with E-state index in [-0.39, 0.29) is 17.8 Å². The highest BCUT2D eigenvalue weighted by atomic mass is 35.5. The van der Waals surface area contributed by atoms with Gasteiger partial charge in [-0.05, 0) is 42.8 Å². The highest BCUT2D eigenvalue weighted by Gasteiger charge is 2.14. The van der Waals surface area contributed by atoms with Crippen LogP contribution in [-0.2, 0) is 0 Å². The Bertz CT molecular complexity index is 1030. The van der Waals surface area contributed by atoms with Crippen LogP contribution in [0.1, 0.15) is 28.9 Å². The minimum absolute atomic E-state index is 0.247. The van der Waals surface area contributed by atoms with E-state index in [4.69, 9.17) is 45.3 Å². The number of carbonyl (C=O) groups excluding carboxylic acids is 1. The molecule has 0 saturated carbocycles. The number of carbonyl (C=O) groups is 1. The number of pyridine rings is 1. The van der Waals surface area contributed by atoms with E-state index in [0.717, 1.165) is 5.56 Å². The van der Waals surface area contributed by atoms with E-state index < -0.39 is 0 Å². The van der Waals surface area contributed by atoms with Crippen molar-refractivity contribution in [3.8, 4) is 5.75 Å². The average Bonchev–Trinajstić information content (AvgIpc) is 2.66. The van der Waals surface area contributed by atoms with Gasteiger partial charge in [0.25, 0.3) is 5.91 Å². The molecule has 0 bridgehead atoms. The summed E-state index contributed by atoms with van der Waals surface area (Å²) in [5, 5.41) is 3.98. The first-order chi connectivity index (χ1) is 13.3. The Morgan fingerprint density at radius 2 is 1.89 bits per heavy atom. The molecule has 3 aromatic rings. The van der Waals surface area contributed by atoms with Gasteiger partial charge in [0.15, 0.2) is 11.6 Å². The number of rotatable bonds is 5. The van der Waals surface area contributed by atoms with Crippen LogP contribution in [0.2, 0.25) is 15.1 Å². The number of nitrogens with zero attached hydrogens (tertiary/aromatic N) is 1. The number of ether oxygens (including phenoxy) is 1. The number of amides is 1. The SMILES string of the molecule is C[C@@H](Oc1cc(Cl)cnc1N)c1cccc(NC(=O)c2cc(Cl)ccc2Cl)c1. The molecule has 0 saturated heterocycles. The lowest BCUT2D eigenvalue weighted by molar-refractivity contribution is 0.102. The zero-order valence-corrected chi connectivity index (χ0v) is 17.0. The Morgan fingerprint density at radius 3 is 2.68 bits per heavy atom. The van der Waals surface area contributed by atoms with Gasteiger partial charge in [0, 0.05) is 23.0 Å². The fourth-order valence-corrected chi connectivity index (χ4v) is 3.05. The van der Waals surface area contributed by atoms with E-state index in [1.807, 2.05) is 19.1 Å². The van der Waals surface area contributed by atoms with Gasteiger partial charge in [0.1, 0.15) is 6.10 Å². The molecule has 1 heterocycles. The van der Waals surface area contributed by atoms with Crippen molar-refractivity contribution in [2.45, 2.75) is 13.0 Å². The van der Waals surface area contributed by atoms with Crippen LogP contribution in [-0.4, -0.2) is 10.9 Å². The number of benzene rings is 2. The van der Waals surface area contributed by atoms with Gasteiger partial charge in [-0.25, -0.2) is 4.98 Å². The van der Waals surface area contributed by atoms with Crippen LogP contribution in [0.25, 0.3) is 0 Å². The number of nitrogens with two attached hydrogens (primary N) is 1. The molecule has 8 heteroatoms. The first kappa shape index (κ1) is 20.3. The lowest BCUT2D eigenvalue weighted by atomic mass is 10.1. The summed E-state index contributed by atoms with van der Waals surface area (Å²) in [4.78, 5) is 16.5. The molecule has 0 aliphatic heterocycles. The van der Waals surface area contributed by atoms with E-state index >= 15 is 0 Å². The first-order valence-electron chi connectivity index (χ1n) is 8.27. The van der Waals surface area contributed by atoms with Crippen molar-refractivity contribution in [2.24, 2.45) is 0 Å². The number of nitrogens with one attached hydrogen (secondary N) is 1. The molecule has 28 heavy (non-hydrogen) atoms. The predicted molar refractivity (Wildman–Crippen MR) is 114 cm³/mol. The van der Waals surface area contributed by atoms with Crippen molar-refractivity contribution in [3.05, 3.63) is 80.9 Å². The summed E-state index contributed by atoms with van der Waals surface area (Å²) in [6.45, 7) is 1.86. The maximum absolute atomic E-state index is 12.5. The van der Waals surface area contributed by atoms with Gasteiger partial charge in [0.05, 0.1) is 15.6 Å². The molecular weight excluding hydrogens is 421 g/mol. The van der Waals surface area contributed by atoms with Crippen LogP contribution < -0.4 is 15.8 Å². The average molecular weight is 437 g/mol. The quantitative estimate of drug-likeness (QED) is 0.513. The Hall–Kier alpha value is -2.47. The summed E-state index contributed by atoms with van der Waals surface area (Å²) in [6, 6.07) is 13.6. The minimum atomic E-state index is -0.360. The molecule has 0 aliphatic rings. The van der Waals surface area contributed by atoms with Crippen molar-refractivity contribution in [1.82, 2.24) is 4.98 Å². The van der Waals surface area contributed by atoms with E-state index in [9.17, 15) is 4.79 Å². The zero-order valence-electron chi connectivity index (χ0n) is 14.7. The summed E-state index contributed by atoms with van der Waals surface area (Å²) in [5.41, 5.74) is 7.54. The molecule has 2 aromatic carbocycles. The molecule has 0 radical (unpaired) electrons. The van der Waals surface area contributed by atoms with Gasteiger partial charge in [0.2, 0.25) is 0 Å². The van der Waals surface area contributed by atoms with E-state index in [0.29, 0.717) is 32.1 Å². The second kappa shape index (κ2) is 8.69. The smallest absolute Gasteiger partial charge is 0.257 e. The second-order valence-corrected chi connectivity index (χ2v) is 7.28. The standard InChI is InChI=1S/C20H16Cl3N3O2/c1-11(28-18-9-14(22)10-25-19(18)24)12-3-2-4-15(7-12)26-20(27)16-8-13(21)5-6-17(16)23/h2-11H,1H3,(H2,24,25)(H,26,27)/t11-/m1/s1. The molecule has 5 nitrogen and oxygen atoms in total. The van der Waals surface area contributed by atoms with E-state index in [2.05, 4.69) is 10.3 Å². The van der Waals surface area contributed by atoms with Crippen molar-refractivity contribution in [1.29, 1.82) is 0 Å². The number of halogens is 3. The Labute approximate surface area is 177 Å². The number of hydrogen-bond donors (Lipinski definition) is 2. The third-order valence-corrected chi connectivity index (χ3v) is 4.71. The molecule has 1 amide bonds. The van der Waals surface area contributed by atoms with Gasteiger partial charge in [-0.15, -0.1) is 0 Å². The Balaban J connectivity index is 1.77. The molecule has 3 N–H and O–H groups in total. The summed E-state index contributed by atoms with van der Waals surface area (Å²) >= 11 is 18.0. The monoisotopic (exact) mass is 435 g/mol. The van der Waals surface area contributed by atoms with Gasteiger partial charge in [-0.1, -0.05) is 46.9 Å². The van der Waals surface area contributed by atoms with E-state index in [1.165, 1.54) is 12.3 Å². The number of nitrogen functional groups attached to an aromatic ring is 1. The molecule has 144 valence electrons. The van der Waals surface area contributed by atoms with Crippen molar-refractivity contribution >= 4 is 52.2 Å². The largest absolute Gasteiger partial charge is 0.482 e. The number of anilines is 2. The topological polar surface area (TPSA) is 77.2 Å². The minimum Gasteiger partial charge on any atom is -0.482 e. The first-order valence-corrected chi connectivity index (χ1v) is 9.41. The highest BCUT2D eigenvalue weighted by Crippen LogP contribution is 2.29. The Kier molecular flexibility index (Phi) is 6.29. The molecule has 0 fully saturated rings. The van der Waals surface area contributed by atoms with Crippen molar-refractivity contribution < 1.29 is 9.53 Å². The van der Waals surface area contributed by atoms with E-state index in [1.54, 1.807) is 30.3 Å². The molecule has 0 aliphatic carbocycles. The van der Waals surface area contributed by atoms with Crippen LogP contribution in [0, 0.1) is 0 Å². The summed E-state index contributed by atoms with van der Waals surface area (Å²) in [7, 11) is 0. The van der Waals surface area contributed by atoms with Crippen molar-refractivity contribution in [2.75, 3.05) is 11.1 Å². The zero-order chi connectivity index (χ0) is 20.3. The lowest BCUT2D eigenvalue weighted by Crippen LogP contribution is -2.13. The molecule has 0 unspecified atom stereocenters. The van der Waals surface area contributed by atoms with Crippen LogP contribution in [0.5, 0.6) is 5.75 Å². The highest BCUT2D eigenvalue weighted by molar-refractivity contribution is 6.36. The van der Waals surface area contributed by atoms with Gasteiger partial charge in [-0.2, -0.15) is 0 Å². The summed E-state index contributed by atoms with van der Waals surface area (Å²) in [5.74, 6) is 0.276. The van der Waals surface area contributed by atoms with Gasteiger partial charge < -0.3 is 15.8 Å². The van der Waals surface area contributed by atoms with Crippen LogP contribution in [0.4, 0.5) is 11.5 Å². The van der Waals surface area contributed by atoms with Gasteiger partial charge in [-0.3, -0.25) is 4.79 Å². The maximum Gasteiger partial charge on any atom is 0.257 e. The van der Waals surface area contributed by atoms with Gasteiger partial charge >= 0.3 is 0 Å².